The van der Waals surface area contributed by atoms with E-state index >= 15 is 0 Å². The molecule has 0 unspecified atom stereocenters. The Morgan fingerprint density at radius 1 is 1.10 bits per heavy atom. The molecule has 30 heavy (non-hydrogen) atoms. The van der Waals surface area contributed by atoms with Crippen LogP contribution in [0.5, 0.6) is 0 Å². The summed E-state index contributed by atoms with van der Waals surface area (Å²) in [5.74, 6) is -0.886. The average Bonchev–Trinajstić information content (AvgIpc) is 2.74. The first-order valence-electron chi connectivity index (χ1n) is 9.01. The molecule has 0 saturated carbocycles. The summed E-state index contributed by atoms with van der Waals surface area (Å²) in [5.41, 5.74) is 1.13. The number of nitrogens with one attached hydrogen (secondary N) is 2. The van der Waals surface area contributed by atoms with Crippen LogP contribution in [0.4, 0.5) is 4.39 Å². The van der Waals surface area contributed by atoms with Gasteiger partial charge in [-0.05, 0) is 54.2 Å². The summed E-state index contributed by atoms with van der Waals surface area (Å²) in [6.45, 7) is 0.265. The van der Waals surface area contributed by atoms with Crippen molar-refractivity contribution in [2.75, 3.05) is 0 Å². The highest BCUT2D eigenvalue weighted by atomic mass is 35.5. The third kappa shape index (κ3) is 3.77. The Morgan fingerprint density at radius 3 is 2.60 bits per heavy atom. The first-order valence-corrected chi connectivity index (χ1v) is 9.80. The fraction of sp³-hybridized carbons (Fsp3) is 0.0455. The molecular formula is C22H15ClFN3O2S. The van der Waals surface area contributed by atoms with E-state index in [-0.39, 0.29) is 28.3 Å². The summed E-state index contributed by atoms with van der Waals surface area (Å²) >= 11 is 11.4. The number of amides is 1. The molecule has 0 aliphatic carbocycles. The van der Waals surface area contributed by atoms with Gasteiger partial charge in [0.1, 0.15) is 5.82 Å². The number of benzene rings is 3. The molecule has 0 aliphatic rings. The zero-order chi connectivity index (χ0) is 21.3. The SMILES string of the molecule is O=C(NCc1ccccc1Cl)c1ccc2c(=O)n(-c3ccccc3F)c(=S)[nH]c2c1. The van der Waals surface area contributed by atoms with Gasteiger partial charge in [0.15, 0.2) is 4.77 Å². The Balaban J connectivity index is 1.68. The normalized spacial score (nSPS) is 10.9. The number of rotatable bonds is 4. The first-order chi connectivity index (χ1) is 14.5. The molecule has 4 rings (SSSR count). The number of para-hydroxylation sites is 1. The number of carbonyl (C=O) groups excluding carboxylic acids is 1. The summed E-state index contributed by atoms with van der Waals surface area (Å²) in [7, 11) is 0. The highest BCUT2D eigenvalue weighted by Gasteiger charge is 2.13. The quantitative estimate of drug-likeness (QED) is 0.450. The molecule has 3 aromatic carbocycles. The lowest BCUT2D eigenvalue weighted by Crippen LogP contribution is -2.24. The second-order valence-corrected chi connectivity index (χ2v) is 7.35. The Hall–Kier alpha value is -3.29. The Kier molecular flexibility index (Phi) is 5.48. The van der Waals surface area contributed by atoms with Crippen LogP contribution in [0.15, 0.2) is 71.5 Å². The molecule has 8 heteroatoms. The van der Waals surface area contributed by atoms with Crippen molar-refractivity contribution in [1.29, 1.82) is 0 Å². The summed E-state index contributed by atoms with van der Waals surface area (Å²) in [4.78, 5) is 28.4. The molecule has 1 aromatic heterocycles. The van der Waals surface area contributed by atoms with E-state index in [9.17, 15) is 14.0 Å². The molecule has 1 heterocycles. The number of nitrogens with zero attached hydrogens (tertiary/aromatic N) is 1. The Labute approximate surface area is 180 Å². The van der Waals surface area contributed by atoms with Crippen molar-refractivity contribution in [1.82, 2.24) is 14.9 Å². The van der Waals surface area contributed by atoms with E-state index in [0.717, 1.165) is 10.1 Å². The second kappa shape index (κ2) is 8.22. The number of H-pyrrole nitrogens is 1. The van der Waals surface area contributed by atoms with Gasteiger partial charge in [-0.3, -0.25) is 9.59 Å². The van der Waals surface area contributed by atoms with Gasteiger partial charge in [-0.15, -0.1) is 0 Å². The monoisotopic (exact) mass is 439 g/mol. The molecule has 0 spiro atoms. The smallest absolute Gasteiger partial charge is 0.266 e. The van der Waals surface area contributed by atoms with Crippen molar-refractivity contribution < 1.29 is 9.18 Å². The van der Waals surface area contributed by atoms with Gasteiger partial charge in [0.2, 0.25) is 0 Å². The van der Waals surface area contributed by atoms with Gasteiger partial charge in [-0.25, -0.2) is 8.96 Å². The van der Waals surface area contributed by atoms with Gasteiger partial charge in [0, 0.05) is 17.1 Å². The van der Waals surface area contributed by atoms with Crippen LogP contribution in [-0.2, 0) is 6.54 Å². The van der Waals surface area contributed by atoms with Crippen LogP contribution >= 0.6 is 23.8 Å². The lowest BCUT2D eigenvalue weighted by Gasteiger charge is -2.10. The van der Waals surface area contributed by atoms with E-state index in [1.165, 1.54) is 30.3 Å². The predicted octanol–water partition coefficient (Wildman–Crippen LogP) is 4.77. The zero-order valence-electron chi connectivity index (χ0n) is 15.5. The lowest BCUT2D eigenvalue weighted by atomic mass is 10.1. The standard InChI is InChI=1S/C22H15ClFN3O2S/c23-16-6-2-1-5-14(16)12-25-20(28)13-9-10-15-18(11-13)26-22(30)27(21(15)29)19-8-4-3-7-17(19)24/h1-11H,12H2,(H,25,28)(H,26,30). The van der Waals surface area contributed by atoms with Gasteiger partial charge in [-0.1, -0.05) is 41.9 Å². The summed E-state index contributed by atoms with van der Waals surface area (Å²) in [5, 5.41) is 3.65. The van der Waals surface area contributed by atoms with E-state index < -0.39 is 11.4 Å². The number of hydrogen-bond donors (Lipinski definition) is 2. The number of aromatic amines is 1. The molecule has 5 nitrogen and oxygen atoms in total. The fourth-order valence-corrected chi connectivity index (χ4v) is 3.62. The third-order valence-corrected chi connectivity index (χ3v) is 5.30. The molecule has 4 aromatic rings. The molecule has 0 atom stereocenters. The van der Waals surface area contributed by atoms with Gasteiger partial charge in [-0.2, -0.15) is 0 Å². The lowest BCUT2D eigenvalue weighted by molar-refractivity contribution is 0.0951. The molecule has 0 fully saturated rings. The summed E-state index contributed by atoms with van der Waals surface area (Å²) in [6.07, 6.45) is 0. The van der Waals surface area contributed by atoms with Crippen molar-refractivity contribution >= 4 is 40.6 Å². The molecule has 0 saturated heterocycles. The Bertz CT molecular complexity index is 1400. The van der Waals surface area contributed by atoms with Crippen molar-refractivity contribution in [3.8, 4) is 5.69 Å². The third-order valence-electron chi connectivity index (χ3n) is 4.65. The van der Waals surface area contributed by atoms with E-state index in [4.69, 9.17) is 23.8 Å². The molecule has 2 N–H and O–H groups in total. The number of carbonyl (C=O) groups is 1. The van der Waals surface area contributed by atoms with Crippen LogP contribution < -0.4 is 10.9 Å². The minimum Gasteiger partial charge on any atom is -0.348 e. The average molecular weight is 440 g/mol. The van der Waals surface area contributed by atoms with Crippen molar-refractivity contribution in [3.63, 3.8) is 0 Å². The van der Waals surface area contributed by atoms with Crippen LogP contribution in [0, 0.1) is 10.6 Å². The second-order valence-electron chi connectivity index (χ2n) is 6.56. The summed E-state index contributed by atoms with van der Waals surface area (Å²) in [6, 6.07) is 17.7. The molecule has 0 aliphatic heterocycles. The predicted molar refractivity (Wildman–Crippen MR) is 117 cm³/mol. The van der Waals surface area contributed by atoms with Gasteiger partial charge in [0.05, 0.1) is 16.6 Å². The van der Waals surface area contributed by atoms with E-state index in [0.29, 0.717) is 16.1 Å². The van der Waals surface area contributed by atoms with Crippen molar-refractivity contribution in [2.45, 2.75) is 6.54 Å². The maximum absolute atomic E-state index is 14.2. The van der Waals surface area contributed by atoms with Crippen LogP contribution in [-0.4, -0.2) is 15.5 Å². The van der Waals surface area contributed by atoms with E-state index in [1.54, 1.807) is 18.2 Å². The van der Waals surface area contributed by atoms with Crippen LogP contribution in [0.1, 0.15) is 15.9 Å². The molecule has 0 bridgehead atoms. The number of hydrogen-bond acceptors (Lipinski definition) is 3. The first kappa shape index (κ1) is 20.0. The van der Waals surface area contributed by atoms with Gasteiger partial charge >= 0.3 is 0 Å². The number of fused-ring (bicyclic) bond motifs is 1. The van der Waals surface area contributed by atoms with Crippen LogP contribution in [0.2, 0.25) is 5.02 Å². The van der Waals surface area contributed by atoms with E-state index in [2.05, 4.69) is 10.3 Å². The van der Waals surface area contributed by atoms with Crippen molar-refractivity contribution in [3.05, 3.63) is 104 Å². The minimum absolute atomic E-state index is 0.0335. The maximum Gasteiger partial charge on any atom is 0.266 e. The fourth-order valence-electron chi connectivity index (χ4n) is 3.13. The van der Waals surface area contributed by atoms with E-state index in [1.807, 2.05) is 18.2 Å². The molecule has 150 valence electrons. The number of halogens is 2. The number of aromatic nitrogens is 2. The topological polar surface area (TPSA) is 66.9 Å². The minimum atomic E-state index is -0.561. The van der Waals surface area contributed by atoms with Crippen LogP contribution in [0.3, 0.4) is 0 Å². The summed E-state index contributed by atoms with van der Waals surface area (Å²) < 4.78 is 15.3. The Morgan fingerprint density at radius 2 is 1.83 bits per heavy atom. The highest BCUT2D eigenvalue weighted by Crippen LogP contribution is 2.17. The molecule has 0 radical (unpaired) electrons. The van der Waals surface area contributed by atoms with Gasteiger partial charge in [0.25, 0.3) is 11.5 Å². The van der Waals surface area contributed by atoms with Gasteiger partial charge < -0.3 is 10.3 Å². The zero-order valence-corrected chi connectivity index (χ0v) is 17.1. The molecule has 1 amide bonds. The largest absolute Gasteiger partial charge is 0.348 e. The maximum atomic E-state index is 14.2. The highest BCUT2D eigenvalue weighted by molar-refractivity contribution is 7.71. The molecular weight excluding hydrogens is 425 g/mol. The van der Waals surface area contributed by atoms with Crippen molar-refractivity contribution in [2.24, 2.45) is 0 Å². The van der Waals surface area contributed by atoms with Crippen LogP contribution in [0.25, 0.3) is 16.6 Å².